The fraction of sp³-hybridized carbons (Fsp3) is 0.100. The van der Waals surface area contributed by atoms with E-state index >= 15 is 0 Å². The minimum absolute atomic E-state index is 0.375. The third-order valence-electron chi connectivity index (χ3n) is 3.88. The van der Waals surface area contributed by atoms with Gasteiger partial charge in [-0.25, -0.2) is 0 Å². The quantitative estimate of drug-likeness (QED) is 0.364. The van der Waals surface area contributed by atoms with Crippen molar-refractivity contribution < 1.29 is 4.74 Å². The Kier molecular flexibility index (Phi) is 6.46. The number of thiocarbonyl (C=S) groups is 1. The van der Waals surface area contributed by atoms with Crippen molar-refractivity contribution in [1.29, 1.82) is 0 Å². The fourth-order valence-corrected chi connectivity index (χ4v) is 2.91. The van der Waals surface area contributed by atoms with Gasteiger partial charge in [0, 0.05) is 17.8 Å². The van der Waals surface area contributed by atoms with Crippen LogP contribution in [0.3, 0.4) is 0 Å². The zero-order chi connectivity index (χ0) is 19.1. The van der Waals surface area contributed by atoms with Crippen molar-refractivity contribution in [2.24, 2.45) is 5.10 Å². The number of para-hydroxylation sites is 2. The molecule has 0 amide bonds. The van der Waals surface area contributed by atoms with E-state index in [-0.39, 0.29) is 0 Å². The van der Waals surface area contributed by atoms with Gasteiger partial charge in [-0.15, -0.1) is 0 Å². The largest absolute Gasteiger partial charge is 0.495 e. The first-order valence-corrected chi connectivity index (χ1v) is 9.07. The second kappa shape index (κ2) is 9.21. The summed E-state index contributed by atoms with van der Waals surface area (Å²) in [7, 11) is 1.61. The number of aromatic nitrogens is 1. The number of benzene rings is 2. The second-order valence-electron chi connectivity index (χ2n) is 5.68. The van der Waals surface area contributed by atoms with Gasteiger partial charge in [-0.05, 0) is 48.1 Å². The molecule has 138 valence electrons. The molecule has 0 aliphatic carbocycles. The molecule has 1 heterocycles. The van der Waals surface area contributed by atoms with E-state index in [1.165, 1.54) is 0 Å². The highest BCUT2D eigenvalue weighted by atomic mass is 35.5. The lowest BCUT2D eigenvalue weighted by atomic mass is 10.2. The average molecular weight is 399 g/mol. The van der Waals surface area contributed by atoms with E-state index in [4.69, 9.17) is 28.6 Å². The maximum Gasteiger partial charge on any atom is 0.191 e. The van der Waals surface area contributed by atoms with Crippen LogP contribution in [0.15, 0.2) is 72.0 Å². The lowest BCUT2D eigenvalue weighted by molar-refractivity contribution is 0.417. The summed E-state index contributed by atoms with van der Waals surface area (Å²) in [6.07, 6.45) is 3.70. The number of nitrogens with zero attached hydrogens (tertiary/aromatic N) is 2. The molecule has 5 nitrogen and oxygen atoms in total. The van der Waals surface area contributed by atoms with Gasteiger partial charge in [0.25, 0.3) is 0 Å². The van der Waals surface area contributed by atoms with Gasteiger partial charge in [0.05, 0.1) is 24.7 Å². The van der Waals surface area contributed by atoms with E-state index in [2.05, 4.69) is 20.4 Å². The van der Waals surface area contributed by atoms with Crippen LogP contribution in [0, 0.1) is 0 Å². The van der Waals surface area contributed by atoms with Gasteiger partial charge in [0.1, 0.15) is 5.75 Å². The van der Waals surface area contributed by atoms with Crippen molar-refractivity contribution in [2.75, 3.05) is 12.4 Å². The third kappa shape index (κ3) is 5.09. The molecule has 0 bridgehead atoms. The molecule has 2 N–H and O–H groups in total. The number of hydrazone groups is 1. The van der Waals surface area contributed by atoms with E-state index in [0.717, 1.165) is 22.0 Å². The van der Waals surface area contributed by atoms with Gasteiger partial charge in [-0.3, -0.25) is 5.43 Å². The third-order valence-corrected chi connectivity index (χ3v) is 4.44. The number of methoxy groups -OCH3 is 1. The molecule has 0 saturated carbocycles. The molecule has 0 fully saturated rings. The van der Waals surface area contributed by atoms with Crippen molar-refractivity contribution in [3.63, 3.8) is 0 Å². The lowest BCUT2D eigenvalue weighted by Gasteiger charge is -2.11. The van der Waals surface area contributed by atoms with Crippen molar-refractivity contribution in [3.05, 3.63) is 83.1 Å². The molecule has 0 radical (unpaired) electrons. The van der Waals surface area contributed by atoms with Crippen LogP contribution in [0.1, 0.15) is 11.3 Å². The van der Waals surface area contributed by atoms with Gasteiger partial charge >= 0.3 is 0 Å². The Labute approximate surface area is 168 Å². The number of rotatable bonds is 6. The van der Waals surface area contributed by atoms with Crippen molar-refractivity contribution in [1.82, 2.24) is 9.99 Å². The van der Waals surface area contributed by atoms with Gasteiger partial charge in [-0.2, -0.15) is 5.10 Å². The topological polar surface area (TPSA) is 50.6 Å². The SMILES string of the molecule is COc1ccccc1NC(=S)N/N=C/c1cccn1Cc1ccccc1Cl. The molecule has 0 spiro atoms. The van der Waals surface area contributed by atoms with Crippen molar-refractivity contribution in [3.8, 4) is 5.75 Å². The van der Waals surface area contributed by atoms with E-state index in [1.54, 1.807) is 13.3 Å². The zero-order valence-electron chi connectivity index (χ0n) is 14.7. The molecule has 3 rings (SSSR count). The molecular formula is C20H19ClN4OS. The van der Waals surface area contributed by atoms with Crippen LogP contribution in [0.4, 0.5) is 5.69 Å². The Morgan fingerprint density at radius 3 is 2.74 bits per heavy atom. The van der Waals surface area contributed by atoms with Gasteiger partial charge in [0.15, 0.2) is 5.11 Å². The summed E-state index contributed by atoms with van der Waals surface area (Å²) in [4.78, 5) is 0. The monoisotopic (exact) mass is 398 g/mol. The summed E-state index contributed by atoms with van der Waals surface area (Å²) in [6.45, 7) is 0.665. The normalized spacial score (nSPS) is 10.7. The summed E-state index contributed by atoms with van der Waals surface area (Å²) in [5.74, 6) is 0.708. The summed E-state index contributed by atoms with van der Waals surface area (Å²) in [5.41, 5.74) is 5.57. The highest BCUT2D eigenvalue weighted by Crippen LogP contribution is 2.22. The molecule has 0 aliphatic heterocycles. The Hall–Kier alpha value is -2.83. The van der Waals surface area contributed by atoms with Crippen molar-refractivity contribution >= 4 is 40.8 Å². The highest BCUT2D eigenvalue weighted by Gasteiger charge is 2.04. The van der Waals surface area contributed by atoms with Gasteiger partial charge in [0.2, 0.25) is 0 Å². The average Bonchev–Trinajstić information content (AvgIpc) is 3.11. The maximum atomic E-state index is 6.25. The highest BCUT2D eigenvalue weighted by molar-refractivity contribution is 7.80. The Morgan fingerprint density at radius 1 is 1.15 bits per heavy atom. The molecule has 0 unspecified atom stereocenters. The van der Waals surface area contributed by atoms with E-state index in [0.29, 0.717) is 17.4 Å². The van der Waals surface area contributed by atoms with Crippen molar-refractivity contribution in [2.45, 2.75) is 6.54 Å². The van der Waals surface area contributed by atoms with E-state index in [9.17, 15) is 0 Å². The standard InChI is InChI=1S/C20H19ClN4OS/c1-26-19-11-5-4-10-18(19)23-20(27)24-22-13-16-8-6-12-25(16)14-15-7-2-3-9-17(15)21/h2-13H,14H2,1H3,(H2,23,24,27)/b22-13+. The van der Waals surface area contributed by atoms with Crippen LogP contribution < -0.4 is 15.5 Å². The van der Waals surface area contributed by atoms with Gasteiger partial charge < -0.3 is 14.6 Å². The number of anilines is 1. The first kappa shape index (κ1) is 18.9. The minimum atomic E-state index is 0.375. The smallest absolute Gasteiger partial charge is 0.191 e. The van der Waals surface area contributed by atoms with Gasteiger partial charge in [-0.1, -0.05) is 41.9 Å². The van der Waals surface area contributed by atoms with Crippen LogP contribution in [-0.2, 0) is 6.54 Å². The molecule has 1 aromatic heterocycles. The number of halogens is 1. The summed E-state index contributed by atoms with van der Waals surface area (Å²) >= 11 is 11.5. The van der Waals surface area contributed by atoms with Crippen LogP contribution >= 0.6 is 23.8 Å². The zero-order valence-corrected chi connectivity index (χ0v) is 16.3. The fourth-order valence-electron chi connectivity index (χ4n) is 2.55. The predicted molar refractivity (Wildman–Crippen MR) is 115 cm³/mol. The number of ether oxygens (including phenoxy) is 1. The summed E-state index contributed by atoms with van der Waals surface area (Å²) in [5, 5.41) is 8.40. The Bertz CT molecular complexity index is 954. The van der Waals surface area contributed by atoms with E-state index in [1.807, 2.05) is 66.9 Å². The van der Waals surface area contributed by atoms with Crippen LogP contribution in [0.5, 0.6) is 5.75 Å². The summed E-state index contributed by atoms with van der Waals surface area (Å²) < 4.78 is 7.35. The Morgan fingerprint density at radius 2 is 1.93 bits per heavy atom. The molecule has 0 saturated heterocycles. The first-order chi connectivity index (χ1) is 13.2. The van der Waals surface area contributed by atoms with E-state index < -0.39 is 0 Å². The lowest BCUT2D eigenvalue weighted by Crippen LogP contribution is -2.24. The second-order valence-corrected chi connectivity index (χ2v) is 6.49. The number of hydrogen-bond donors (Lipinski definition) is 2. The number of hydrogen-bond acceptors (Lipinski definition) is 3. The maximum absolute atomic E-state index is 6.25. The molecule has 0 aliphatic rings. The predicted octanol–water partition coefficient (Wildman–Crippen LogP) is 4.52. The summed E-state index contributed by atoms with van der Waals surface area (Å²) in [6, 6.07) is 19.3. The van der Waals surface area contributed by atoms with Crippen LogP contribution in [-0.4, -0.2) is 23.0 Å². The molecule has 3 aromatic rings. The minimum Gasteiger partial charge on any atom is -0.495 e. The molecule has 2 aromatic carbocycles. The molecular weight excluding hydrogens is 380 g/mol. The van der Waals surface area contributed by atoms with Crippen LogP contribution in [0.25, 0.3) is 0 Å². The number of nitrogens with one attached hydrogen (secondary N) is 2. The molecule has 0 atom stereocenters. The first-order valence-electron chi connectivity index (χ1n) is 8.29. The molecule has 7 heteroatoms. The Balaban J connectivity index is 1.61. The van der Waals surface area contributed by atoms with Crippen LogP contribution in [0.2, 0.25) is 5.02 Å². The molecule has 27 heavy (non-hydrogen) atoms.